The fourth-order valence-corrected chi connectivity index (χ4v) is 2.66. The average Bonchev–Trinajstić information content (AvgIpc) is 3.01. The van der Waals surface area contributed by atoms with Crippen LogP contribution in [0.2, 0.25) is 0 Å². The SMILES string of the molecule is CCCCCCCCC1CC1CC(O)CC. The highest BCUT2D eigenvalue weighted by atomic mass is 16.3. The molecule has 0 aromatic heterocycles. The van der Waals surface area contributed by atoms with Crippen LogP contribution in [0.3, 0.4) is 0 Å². The van der Waals surface area contributed by atoms with Crippen LogP contribution < -0.4 is 0 Å². The fraction of sp³-hybridized carbons (Fsp3) is 1.00. The smallest absolute Gasteiger partial charge is 0.0540 e. The van der Waals surface area contributed by atoms with Gasteiger partial charge in [-0.3, -0.25) is 0 Å². The second-order valence-corrected chi connectivity index (χ2v) is 5.61. The minimum atomic E-state index is -0.0282. The fourth-order valence-electron chi connectivity index (χ4n) is 2.66. The van der Waals surface area contributed by atoms with E-state index in [2.05, 4.69) is 13.8 Å². The van der Waals surface area contributed by atoms with Gasteiger partial charge in [-0.2, -0.15) is 0 Å². The Morgan fingerprint density at radius 3 is 2.38 bits per heavy atom. The summed E-state index contributed by atoms with van der Waals surface area (Å²) in [5, 5.41) is 9.55. The van der Waals surface area contributed by atoms with E-state index in [0.29, 0.717) is 0 Å². The summed E-state index contributed by atoms with van der Waals surface area (Å²) in [6.45, 7) is 4.35. The van der Waals surface area contributed by atoms with Crippen molar-refractivity contribution in [2.45, 2.75) is 84.2 Å². The second kappa shape index (κ2) is 8.11. The maximum absolute atomic E-state index is 9.55. The lowest BCUT2D eigenvalue weighted by Crippen LogP contribution is -2.05. The second-order valence-electron chi connectivity index (χ2n) is 5.61. The van der Waals surface area contributed by atoms with Crippen molar-refractivity contribution in [1.29, 1.82) is 0 Å². The lowest BCUT2D eigenvalue weighted by molar-refractivity contribution is 0.151. The molecule has 0 aromatic carbocycles. The summed E-state index contributed by atoms with van der Waals surface area (Å²) in [5.41, 5.74) is 0. The Morgan fingerprint density at radius 2 is 1.69 bits per heavy atom. The highest BCUT2D eigenvalue weighted by Gasteiger charge is 2.36. The molecule has 96 valence electrons. The van der Waals surface area contributed by atoms with Gasteiger partial charge in [0.1, 0.15) is 0 Å². The van der Waals surface area contributed by atoms with E-state index in [-0.39, 0.29) is 6.10 Å². The lowest BCUT2D eigenvalue weighted by atomic mass is 10.0. The van der Waals surface area contributed by atoms with E-state index in [4.69, 9.17) is 0 Å². The molecule has 0 radical (unpaired) electrons. The molecule has 1 rings (SSSR count). The molecule has 0 bridgehead atoms. The lowest BCUT2D eigenvalue weighted by Gasteiger charge is -2.06. The maximum atomic E-state index is 9.55. The van der Waals surface area contributed by atoms with Crippen LogP contribution in [-0.4, -0.2) is 11.2 Å². The summed E-state index contributed by atoms with van der Waals surface area (Å²) in [5.74, 6) is 1.83. The Kier molecular flexibility index (Phi) is 7.11. The largest absolute Gasteiger partial charge is 0.393 e. The van der Waals surface area contributed by atoms with Crippen LogP contribution in [0.5, 0.6) is 0 Å². The predicted molar refractivity (Wildman–Crippen MR) is 70.5 cm³/mol. The highest BCUT2D eigenvalue weighted by Crippen LogP contribution is 2.45. The van der Waals surface area contributed by atoms with Gasteiger partial charge in [0.15, 0.2) is 0 Å². The third-order valence-electron chi connectivity index (χ3n) is 4.04. The van der Waals surface area contributed by atoms with Crippen molar-refractivity contribution in [3.63, 3.8) is 0 Å². The monoisotopic (exact) mass is 226 g/mol. The molecule has 0 aliphatic heterocycles. The number of hydrogen-bond donors (Lipinski definition) is 1. The molecule has 1 heteroatoms. The van der Waals surface area contributed by atoms with Crippen molar-refractivity contribution in [2.75, 3.05) is 0 Å². The van der Waals surface area contributed by atoms with Gasteiger partial charge < -0.3 is 5.11 Å². The van der Waals surface area contributed by atoms with Crippen LogP contribution >= 0.6 is 0 Å². The minimum absolute atomic E-state index is 0.0282. The Balaban J connectivity index is 1.85. The van der Waals surface area contributed by atoms with Gasteiger partial charge in [-0.25, -0.2) is 0 Å². The zero-order valence-electron chi connectivity index (χ0n) is 11.3. The molecule has 0 heterocycles. The molecule has 1 aliphatic carbocycles. The molecule has 0 saturated heterocycles. The van der Waals surface area contributed by atoms with Gasteiger partial charge in [0.2, 0.25) is 0 Å². The molecule has 1 saturated carbocycles. The molecule has 16 heavy (non-hydrogen) atoms. The van der Waals surface area contributed by atoms with E-state index in [0.717, 1.165) is 24.7 Å². The molecular formula is C15H30O. The van der Waals surface area contributed by atoms with Crippen molar-refractivity contribution in [3.05, 3.63) is 0 Å². The first kappa shape index (κ1) is 14.0. The number of aliphatic hydroxyl groups excluding tert-OH is 1. The van der Waals surface area contributed by atoms with Gasteiger partial charge >= 0.3 is 0 Å². The predicted octanol–water partition coefficient (Wildman–Crippen LogP) is 4.53. The first-order valence-corrected chi connectivity index (χ1v) is 7.46. The van der Waals surface area contributed by atoms with Crippen LogP contribution in [0, 0.1) is 11.8 Å². The molecule has 0 amide bonds. The van der Waals surface area contributed by atoms with E-state index in [1.165, 1.54) is 51.4 Å². The zero-order valence-corrected chi connectivity index (χ0v) is 11.3. The van der Waals surface area contributed by atoms with Crippen molar-refractivity contribution in [1.82, 2.24) is 0 Å². The molecule has 1 nitrogen and oxygen atoms in total. The first-order valence-electron chi connectivity index (χ1n) is 7.46. The van der Waals surface area contributed by atoms with Crippen LogP contribution in [0.25, 0.3) is 0 Å². The third kappa shape index (κ3) is 5.89. The maximum Gasteiger partial charge on any atom is 0.0540 e. The van der Waals surface area contributed by atoms with Crippen molar-refractivity contribution in [3.8, 4) is 0 Å². The van der Waals surface area contributed by atoms with E-state index in [1.807, 2.05) is 0 Å². The molecule has 1 fully saturated rings. The zero-order chi connectivity index (χ0) is 11.8. The topological polar surface area (TPSA) is 20.2 Å². The third-order valence-corrected chi connectivity index (χ3v) is 4.04. The summed E-state index contributed by atoms with van der Waals surface area (Å²) in [7, 11) is 0. The van der Waals surface area contributed by atoms with Gasteiger partial charge in [0.25, 0.3) is 0 Å². The molecule has 0 spiro atoms. The van der Waals surface area contributed by atoms with Crippen molar-refractivity contribution in [2.24, 2.45) is 11.8 Å². The van der Waals surface area contributed by atoms with E-state index in [9.17, 15) is 5.11 Å². The van der Waals surface area contributed by atoms with E-state index < -0.39 is 0 Å². The van der Waals surface area contributed by atoms with Crippen LogP contribution in [-0.2, 0) is 0 Å². The first-order chi connectivity index (χ1) is 7.77. The van der Waals surface area contributed by atoms with Gasteiger partial charge in [0.05, 0.1) is 6.10 Å². The Morgan fingerprint density at radius 1 is 1.00 bits per heavy atom. The quantitative estimate of drug-likeness (QED) is 0.542. The number of rotatable bonds is 10. The van der Waals surface area contributed by atoms with Gasteiger partial charge in [-0.15, -0.1) is 0 Å². The minimum Gasteiger partial charge on any atom is -0.393 e. The van der Waals surface area contributed by atoms with E-state index >= 15 is 0 Å². The summed E-state index contributed by atoms with van der Waals surface area (Å²) < 4.78 is 0. The number of hydrogen-bond acceptors (Lipinski definition) is 1. The number of unbranched alkanes of at least 4 members (excludes halogenated alkanes) is 5. The molecule has 1 aliphatic rings. The average molecular weight is 226 g/mol. The standard InChI is InChI=1S/C15H30O/c1-3-5-6-7-8-9-10-13-11-14(13)12-15(16)4-2/h13-16H,3-12H2,1-2H3. The van der Waals surface area contributed by atoms with Crippen LogP contribution in [0.4, 0.5) is 0 Å². The Hall–Kier alpha value is -0.0400. The van der Waals surface area contributed by atoms with Gasteiger partial charge in [0, 0.05) is 0 Å². The Labute approximate surface area is 102 Å². The van der Waals surface area contributed by atoms with Crippen molar-refractivity contribution >= 4 is 0 Å². The van der Waals surface area contributed by atoms with Gasteiger partial charge in [-0.05, 0) is 31.1 Å². The van der Waals surface area contributed by atoms with Crippen LogP contribution in [0.15, 0.2) is 0 Å². The van der Waals surface area contributed by atoms with Crippen LogP contribution in [0.1, 0.15) is 78.1 Å². The summed E-state index contributed by atoms with van der Waals surface area (Å²) in [6, 6.07) is 0. The van der Waals surface area contributed by atoms with Crippen molar-refractivity contribution < 1.29 is 5.11 Å². The van der Waals surface area contributed by atoms with E-state index in [1.54, 1.807) is 0 Å². The Bertz CT molecular complexity index is 167. The highest BCUT2D eigenvalue weighted by molar-refractivity contribution is 4.87. The number of aliphatic hydroxyl groups is 1. The summed E-state index contributed by atoms with van der Waals surface area (Å²) in [4.78, 5) is 0. The molecule has 3 atom stereocenters. The molecule has 1 N–H and O–H groups in total. The molecule has 3 unspecified atom stereocenters. The molecule has 0 aromatic rings. The summed E-state index contributed by atoms with van der Waals surface area (Å²) in [6.07, 6.45) is 13.3. The molecular weight excluding hydrogens is 196 g/mol. The van der Waals surface area contributed by atoms with Gasteiger partial charge in [-0.1, -0.05) is 58.8 Å². The normalized spacial score (nSPS) is 25.7. The summed E-state index contributed by atoms with van der Waals surface area (Å²) >= 11 is 0.